The minimum absolute atomic E-state index is 0.463. The highest BCUT2D eigenvalue weighted by atomic mass is 35.5. The van der Waals surface area contributed by atoms with E-state index in [1.165, 1.54) is 0 Å². The van der Waals surface area contributed by atoms with Gasteiger partial charge in [0.05, 0.1) is 10.7 Å². The number of aryl methyl sites for hydroxylation is 2. The van der Waals surface area contributed by atoms with E-state index in [9.17, 15) is 0 Å². The van der Waals surface area contributed by atoms with Crippen LogP contribution in [-0.2, 0) is 13.6 Å². The summed E-state index contributed by atoms with van der Waals surface area (Å²) in [6, 6.07) is 5.55. The molecular formula is C13H16ClN3O. The lowest BCUT2D eigenvalue weighted by atomic mass is 10.2. The topological polar surface area (TPSA) is 53.1 Å². The zero-order chi connectivity index (χ0) is 13.3. The van der Waals surface area contributed by atoms with Gasteiger partial charge in [-0.25, -0.2) is 0 Å². The van der Waals surface area contributed by atoms with Crippen molar-refractivity contribution in [1.82, 2.24) is 9.78 Å². The summed E-state index contributed by atoms with van der Waals surface area (Å²) in [5.74, 6) is 1.37. The maximum Gasteiger partial charge on any atom is 0.171 e. The average Bonchev–Trinajstić information content (AvgIpc) is 2.58. The molecule has 2 N–H and O–H groups in total. The molecule has 1 aromatic carbocycles. The van der Waals surface area contributed by atoms with Crippen LogP contribution < -0.4 is 10.5 Å². The number of nitrogens with two attached hydrogens (primary N) is 1. The first-order chi connectivity index (χ1) is 8.52. The lowest BCUT2D eigenvalue weighted by molar-refractivity contribution is 0.474. The fraction of sp³-hybridized carbons (Fsp3) is 0.308. The van der Waals surface area contributed by atoms with Gasteiger partial charge in [0.15, 0.2) is 5.75 Å². The summed E-state index contributed by atoms with van der Waals surface area (Å²) in [6.07, 6.45) is 0. The Morgan fingerprint density at radius 3 is 2.61 bits per heavy atom. The normalized spacial score (nSPS) is 10.7. The van der Waals surface area contributed by atoms with E-state index in [4.69, 9.17) is 22.1 Å². The Bertz CT molecular complexity index is 578. The van der Waals surface area contributed by atoms with E-state index in [2.05, 4.69) is 5.10 Å². The third-order valence-electron chi connectivity index (χ3n) is 2.89. The van der Waals surface area contributed by atoms with Crippen molar-refractivity contribution in [3.63, 3.8) is 0 Å². The molecule has 0 unspecified atom stereocenters. The molecule has 2 rings (SSSR count). The zero-order valence-corrected chi connectivity index (χ0v) is 11.5. The molecular weight excluding hydrogens is 250 g/mol. The summed E-state index contributed by atoms with van der Waals surface area (Å²) < 4.78 is 7.62. The third-order valence-corrected chi connectivity index (χ3v) is 3.18. The molecule has 18 heavy (non-hydrogen) atoms. The van der Waals surface area contributed by atoms with Crippen molar-refractivity contribution in [2.45, 2.75) is 20.4 Å². The number of benzene rings is 1. The molecule has 1 aromatic heterocycles. The van der Waals surface area contributed by atoms with Crippen LogP contribution in [0.15, 0.2) is 18.2 Å². The predicted molar refractivity (Wildman–Crippen MR) is 72.1 cm³/mol. The number of aromatic nitrogens is 2. The molecule has 0 bridgehead atoms. The van der Waals surface area contributed by atoms with Gasteiger partial charge < -0.3 is 10.5 Å². The first kappa shape index (κ1) is 12.9. The second kappa shape index (κ2) is 5.00. The molecule has 0 fully saturated rings. The van der Waals surface area contributed by atoms with E-state index in [1.54, 1.807) is 4.68 Å². The average molecular weight is 266 g/mol. The number of hydrogen-bond donors (Lipinski definition) is 1. The molecule has 0 aliphatic rings. The molecule has 1 heterocycles. The van der Waals surface area contributed by atoms with Gasteiger partial charge in [0.1, 0.15) is 11.4 Å². The monoisotopic (exact) mass is 265 g/mol. The Morgan fingerprint density at radius 1 is 1.39 bits per heavy atom. The summed E-state index contributed by atoms with van der Waals surface area (Å²) in [5, 5.41) is 4.85. The summed E-state index contributed by atoms with van der Waals surface area (Å²) in [4.78, 5) is 0. The van der Waals surface area contributed by atoms with Gasteiger partial charge in [0, 0.05) is 13.6 Å². The molecule has 0 saturated carbocycles. The van der Waals surface area contributed by atoms with Crippen molar-refractivity contribution >= 4 is 11.6 Å². The van der Waals surface area contributed by atoms with Gasteiger partial charge in [-0.05, 0) is 31.5 Å². The first-order valence-corrected chi connectivity index (χ1v) is 6.07. The molecule has 0 aliphatic carbocycles. The van der Waals surface area contributed by atoms with Gasteiger partial charge in [-0.15, -0.1) is 0 Å². The van der Waals surface area contributed by atoms with Crippen LogP contribution >= 0.6 is 11.6 Å². The van der Waals surface area contributed by atoms with Crippen LogP contribution in [0.3, 0.4) is 0 Å². The van der Waals surface area contributed by atoms with Crippen molar-refractivity contribution in [3.8, 4) is 11.5 Å². The Kier molecular flexibility index (Phi) is 3.59. The molecule has 0 saturated heterocycles. The van der Waals surface area contributed by atoms with Crippen LogP contribution in [0.4, 0.5) is 0 Å². The molecule has 2 aromatic rings. The van der Waals surface area contributed by atoms with E-state index < -0.39 is 0 Å². The Hall–Kier alpha value is -1.52. The highest BCUT2D eigenvalue weighted by Gasteiger charge is 2.13. The van der Waals surface area contributed by atoms with Gasteiger partial charge in [0.25, 0.3) is 0 Å². The minimum atomic E-state index is 0.463. The van der Waals surface area contributed by atoms with E-state index in [1.807, 2.05) is 39.1 Å². The van der Waals surface area contributed by atoms with Crippen LogP contribution in [0.5, 0.6) is 11.5 Å². The number of nitrogens with zero attached hydrogens (tertiary/aromatic N) is 2. The quantitative estimate of drug-likeness (QED) is 0.928. The maximum absolute atomic E-state index is 6.16. The second-order valence-electron chi connectivity index (χ2n) is 4.19. The van der Waals surface area contributed by atoms with Crippen molar-refractivity contribution in [1.29, 1.82) is 0 Å². The molecule has 5 heteroatoms. The minimum Gasteiger partial charge on any atom is -0.452 e. The zero-order valence-electron chi connectivity index (χ0n) is 10.7. The van der Waals surface area contributed by atoms with E-state index in [0.29, 0.717) is 17.3 Å². The smallest absolute Gasteiger partial charge is 0.171 e. The molecule has 0 radical (unpaired) electrons. The fourth-order valence-electron chi connectivity index (χ4n) is 1.77. The molecule has 0 aliphatic heterocycles. The highest BCUT2D eigenvalue weighted by molar-refractivity contribution is 6.32. The summed E-state index contributed by atoms with van der Waals surface area (Å²) in [7, 11) is 1.88. The molecule has 0 spiro atoms. The van der Waals surface area contributed by atoms with Gasteiger partial charge in [-0.3, -0.25) is 4.68 Å². The fourth-order valence-corrected chi connectivity index (χ4v) is 2.01. The van der Waals surface area contributed by atoms with Gasteiger partial charge in [-0.1, -0.05) is 17.7 Å². The van der Waals surface area contributed by atoms with Crippen molar-refractivity contribution in [3.05, 3.63) is 40.2 Å². The lowest BCUT2D eigenvalue weighted by Crippen LogP contribution is -1.97. The van der Waals surface area contributed by atoms with Gasteiger partial charge >= 0.3 is 0 Å². The summed E-state index contributed by atoms with van der Waals surface area (Å²) >= 11 is 6.16. The van der Waals surface area contributed by atoms with Crippen LogP contribution in [0.25, 0.3) is 0 Å². The molecule has 0 atom stereocenters. The Labute approximate surface area is 111 Å². The summed E-state index contributed by atoms with van der Waals surface area (Å²) in [5.41, 5.74) is 8.34. The maximum atomic E-state index is 6.16. The highest BCUT2D eigenvalue weighted by Crippen LogP contribution is 2.33. The van der Waals surface area contributed by atoms with Crippen LogP contribution in [-0.4, -0.2) is 9.78 Å². The van der Waals surface area contributed by atoms with Gasteiger partial charge in [0.2, 0.25) is 0 Å². The predicted octanol–water partition coefficient (Wildman–Crippen LogP) is 2.94. The van der Waals surface area contributed by atoms with E-state index >= 15 is 0 Å². The van der Waals surface area contributed by atoms with Gasteiger partial charge in [-0.2, -0.15) is 5.10 Å². The number of ether oxygens (including phenoxy) is 1. The first-order valence-electron chi connectivity index (χ1n) is 5.69. The standard InChI is InChI=1S/C13H16ClN3O/c1-8-13(9(2)17(3)16-8)18-12-5-4-10(7-15)6-11(12)14/h4-6H,7,15H2,1-3H3. The molecule has 0 amide bonds. The molecule has 4 nitrogen and oxygen atoms in total. The van der Waals surface area contributed by atoms with Crippen LogP contribution in [0, 0.1) is 13.8 Å². The van der Waals surface area contributed by atoms with E-state index in [0.717, 1.165) is 22.7 Å². The number of rotatable bonds is 3. The van der Waals surface area contributed by atoms with Crippen molar-refractivity contribution < 1.29 is 4.74 Å². The largest absolute Gasteiger partial charge is 0.452 e. The molecule has 96 valence electrons. The van der Waals surface area contributed by atoms with Crippen LogP contribution in [0.2, 0.25) is 5.02 Å². The van der Waals surface area contributed by atoms with Crippen LogP contribution in [0.1, 0.15) is 17.0 Å². The number of halogens is 1. The lowest BCUT2D eigenvalue weighted by Gasteiger charge is -2.09. The second-order valence-corrected chi connectivity index (χ2v) is 4.60. The van der Waals surface area contributed by atoms with Crippen molar-refractivity contribution in [2.24, 2.45) is 12.8 Å². The van der Waals surface area contributed by atoms with Crippen molar-refractivity contribution in [2.75, 3.05) is 0 Å². The Morgan fingerprint density at radius 2 is 2.11 bits per heavy atom. The van der Waals surface area contributed by atoms with E-state index in [-0.39, 0.29) is 0 Å². The summed E-state index contributed by atoms with van der Waals surface area (Å²) in [6.45, 7) is 4.33. The Balaban J connectivity index is 2.34. The third kappa shape index (κ3) is 2.35. The SMILES string of the molecule is Cc1nn(C)c(C)c1Oc1ccc(CN)cc1Cl. The number of hydrogen-bond acceptors (Lipinski definition) is 3.